The Morgan fingerprint density at radius 1 is 1.15 bits per heavy atom. The average molecular weight is 386 g/mol. The molecule has 1 aliphatic carbocycles. The molecule has 0 aliphatic heterocycles. The number of hydrogen-bond acceptors (Lipinski definition) is 6. The molecule has 0 saturated heterocycles. The van der Waals surface area contributed by atoms with Crippen molar-refractivity contribution in [1.29, 1.82) is 0 Å². The van der Waals surface area contributed by atoms with Crippen LogP contribution in [-0.2, 0) is 9.84 Å². The molecule has 0 amide bonds. The van der Waals surface area contributed by atoms with Crippen LogP contribution in [0.1, 0.15) is 38.1 Å². The minimum absolute atomic E-state index is 0.0319. The zero-order valence-corrected chi connectivity index (χ0v) is 15.9. The summed E-state index contributed by atoms with van der Waals surface area (Å²) in [6, 6.07) is 6.53. The van der Waals surface area contributed by atoms with Crippen LogP contribution in [0.2, 0.25) is 0 Å². The highest BCUT2D eigenvalue weighted by molar-refractivity contribution is 7.92. The lowest BCUT2D eigenvalue weighted by Crippen LogP contribution is -2.16. The number of anilines is 1. The fourth-order valence-corrected chi connectivity index (χ4v) is 5.41. The largest absolute Gasteiger partial charge is 0.497 e. The van der Waals surface area contributed by atoms with E-state index < -0.39 is 9.84 Å². The van der Waals surface area contributed by atoms with Crippen LogP contribution in [0.5, 0.6) is 5.75 Å². The van der Waals surface area contributed by atoms with E-state index in [1.165, 1.54) is 31.9 Å². The minimum atomic E-state index is -3.88. The first-order valence-corrected chi connectivity index (χ1v) is 10.5. The fourth-order valence-electron chi connectivity index (χ4n) is 3.87. The van der Waals surface area contributed by atoms with Gasteiger partial charge in [0.15, 0.2) is 5.65 Å². The van der Waals surface area contributed by atoms with E-state index in [2.05, 4.69) is 9.97 Å². The van der Waals surface area contributed by atoms with E-state index in [1.807, 2.05) is 4.57 Å². The number of benzene rings is 1. The van der Waals surface area contributed by atoms with Crippen molar-refractivity contribution in [2.24, 2.45) is 0 Å². The average Bonchev–Trinajstić information content (AvgIpc) is 3.01. The van der Waals surface area contributed by atoms with Crippen LogP contribution < -0.4 is 10.5 Å². The molecule has 27 heavy (non-hydrogen) atoms. The van der Waals surface area contributed by atoms with Gasteiger partial charge >= 0.3 is 0 Å². The zero-order valence-electron chi connectivity index (χ0n) is 15.1. The maximum atomic E-state index is 13.4. The van der Waals surface area contributed by atoms with E-state index in [0.717, 1.165) is 25.7 Å². The molecule has 1 saturated carbocycles. The number of nitrogens with two attached hydrogens (primary N) is 1. The second-order valence-electron chi connectivity index (χ2n) is 6.79. The molecule has 0 bridgehead atoms. The SMILES string of the molecule is COc1cccc(S(=O)(=O)c2c(N)n(C3CCCCC3)c3nccnc23)c1. The Morgan fingerprint density at radius 2 is 1.89 bits per heavy atom. The first-order chi connectivity index (χ1) is 13.0. The van der Waals surface area contributed by atoms with Crippen molar-refractivity contribution in [3.63, 3.8) is 0 Å². The summed E-state index contributed by atoms with van der Waals surface area (Å²) in [4.78, 5) is 8.89. The first-order valence-electron chi connectivity index (χ1n) is 9.03. The Hall–Kier alpha value is -2.61. The van der Waals surface area contributed by atoms with Crippen LogP contribution in [0.25, 0.3) is 11.2 Å². The number of rotatable bonds is 4. The molecule has 3 aromatic rings. The maximum absolute atomic E-state index is 13.4. The van der Waals surface area contributed by atoms with Gasteiger partial charge in [-0.05, 0) is 31.0 Å². The molecule has 0 unspecified atom stereocenters. The fraction of sp³-hybridized carbons (Fsp3) is 0.368. The molecule has 2 aromatic heterocycles. The second kappa shape index (κ2) is 6.84. The molecule has 1 aromatic carbocycles. The van der Waals surface area contributed by atoms with Crippen LogP contribution >= 0.6 is 0 Å². The molecule has 2 heterocycles. The number of aromatic nitrogens is 3. The minimum Gasteiger partial charge on any atom is -0.497 e. The smallest absolute Gasteiger partial charge is 0.212 e. The number of sulfone groups is 1. The maximum Gasteiger partial charge on any atom is 0.212 e. The molecule has 1 fully saturated rings. The van der Waals surface area contributed by atoms with Crippen LogP contribution in [0.15, 0.2) is 46.5 Å². The third-order valence-corrected chi connectivity index (χ3v) is 6.99. The number of hydrogen-bond donors (Lipinski definition) is 1. The van der Waals surface area contributed by atoms with Gasteiger partial charge in [0.25, 0.3) is 0 Å². The summed E-state index contributed by atoms with van der Waals surface area (Å²) in [6.07, 6.45) is 8.38. The summed E-state index contributed by atoms with van der Waals surface area (Å²) in [5.74, 6) is 0.683. The van der Waals surface area contributed by atoms with Gasteiger partial charge in [0.05, 0.1) is 12.0 Å². The molecular weight excluding hydrogens is 364 g/mol. The molecular formula is C19H22N4O3S. The lowest BCUT2D eigenvalue weighted by Gasteiger charge is -2.24. The van der Waals surface area contributed by atoms with Gasteiger partial charge in [0.2, 0.25) is 9.84 Å². The molecule has 2 N–H and O–H groups in total. The summed E-state index contributed by atoms with van der Waals surface area (Å²) in [5.41, 5.74) is 7.27. The Balaban J connectivity index is 1.95. The summed E-state index contributed by atoms with van der Waals surface area (Å²) < 4.78 is 33.9. The van der Waals surface area contributed by atoms with Crippen molar-refractivity contribution < 1.29 is 13.2 Å². The molecule has 8 heteroatoms. The van der Waals surface area contributed by atoms with Crippen molar-refractivity contribution in [3.8, 4) is 5.75 Å². The third-order valence-electron chi connectivity index (χ3n) is 5.17. The van der Waals surface area contributed by atoms with Gasteiger partial charge in [-0.25, -0.2) is 18.4 Å². The lowest BCUT2D eigenvalue weighted by molar-refractivity contribution is 0.362. The highest BCUT2D eigenvalue weighted by Gasteiger charge is 2.32. The standard InChI is InChI=1S/C19H22N4O3S/c1-26-14-8-5-9-15(12-14)27(24,25)17-16-19(22-11-10-21-16)23(18(17)20)13-6-3-2-4-7-13/h5,8-13H,2-4,6-7,20H2,1H3. The molecule has 0 radical (unpaired) electrons. The molecule has 7 nitrogen and oxygen atoms in total. The van der Waals surface area contributed by atoms with Crippen LogP contribution in [0.3, 0.4) is 0 Å². The van der Waals surface area contributed by atoms with Crippen molar-refractivity contribution in [1.82, 2.24) is 14.5 Å². The van der Waals surface area contributed by atoms with Gasteiger partial charge < -0.3 is 15.0 Å². The summed E-state index contributed by atoms with van der Waals surface area (Å²) >= 11 is 0. The lowest BCUT2D eigenvalue weighted by atomic mass is 9.95. The van der Waals surface area contributed by atoms with Gasteiger partial charge in [0, 0.05) is 18.4 Å². The summed E-state index contributed by atoms with van der Waals surface area (Å²) in [6.45, 7) is 0. The monoisotopic (exact) mass is 386 g/mol. The summed E-state index contributed by atoms with van der Waals surface area (Å²) in [5, 5.41) is 0. The van der Waals surface area contributed by atoms with E-state index in [1.54, 1.807) is 18.3 Å². The second-order valence-corrected chi connectivity index (χ2v) is 8.67. The van der Waals surface area contributed by atoms with Crippen LogP contribution in [0.4, 0.5) is 5.82 Å². The number of methoxy groups -OCH3 is 1. The number of ether oxygens (including phenoxy) is 1. The number of fused-ring (bicyclic) bond motifs is 1. The Bertz CT molecular complexity index is 1090. The van der Waals surface area contributed by atoms with Crippen molar-refractivity contribution in [2.45, 2.75) is 47.9 Å². The van der Waals surface area contributed by atoms with E-state index in [9.17, 15) is 8.42 Å². The van der Waals surface area contributed by atoms with Crippen LogP contribution in [-0.4, -0.2) is 30.1 Å². The third kappa shape index (κ3) is 2.93. The molecule has 1 aliphatic rings. The van der Waals surface area contributed by atoms with E-state index in [4.69, 9.17) is 10.5 Å². The topological polar surface area (TPSA) is 100 Å². The molecule has 142 valence electrons. The van der Waals surface area contributed by atoms with Gasteiger partial charge in [-0.2, -0.15) is 0 Å². The quantitative estimate of drug-likeness (QED) is 0.738. The van der Waals surface area contributed by atoms with Gasteiger partial charge in [-0.3, -0.25) is 0 Å². The summed E-state index contributed by atoms with van der Waals surface area (Å²) in [7, 11) is -2.37. The van der Waals surface area contributed by atoms with Gasteiger partial charge in [0.1, 0.15) is 22.0 Å². The Morgan fingerprint density at radius 3 is 2.63 bits per heavy atom. The van der Waals surface area contributed by atoms with Crippen LogP contribution in [0, 0.1) is 0 Å². The van der Waals surface area contributed by atoms with E-state index in [-0.39, 0.29) is 21.7 Å². The number of nitrogens with zero attached hydrogens (tertiary/aromatic N) is 3. The van der Waals surface area contributed by atoms with Crippen molar-refractivity contribution in [3.05, 3.63) is 36.7 Å². The molecule has 0 spiro atoms. The number of nitrogen functional groups attached to an aromatic ring is 1. The van der Waals surface area contributed by atoms with Gasteiger partial charge in [-0.15, -0.1) is 0 Å². The van der Waals surface area contributed by atoms with E-state index >= 15 is 0 Å². The van der Waals surface area contributed by atoms with Crippen molar-refractivity contribution >= 4 is 26.8 Å². The highest BCUT2D eigenvalue weighted by atomic mass is 32.2. The highest BCUT2D eigenvalue weighted by Crippen LogP contribution is 2.40. The van der Waals surface area contributed by atoms with Crippen molar-refractivity contribution in [2.75, 3.05) is 12.8 Å². The first kappa shape index (κ1) is 17.8. The Labute approximate surface area is 158 Å². The predicted octanol–water partition coefficient (Wildman–Crippen LogP) is 3.36. The zero-order chi connectivity index (χ0) is 19.0. The normalized spacial score (nSPS) is 15.9. The molecule has 0 atom stereocenters. The molecule has 4 rings (SSSR count). The Kier molecular flexibility index (Phi) is 4.51. The van der Waals surface area contributed by atoms with E-state index in [0.29, 0.717) is 16.9 Å². The predicted molar refractivity (Wildman–Crippen MR) is 103 cm³/mol. The van der Waals surface area contributed by atoms with Gasteiger partial charge in [-0.1, -0.05) is 25.3 Å².